The number of nitrogens with one attached hydrogen (secondary N) is 1. The molecule has 3 aromatic rings. The summed E-state index contributed by atoms with van der Waals surface area (Å²) < 4.78 is 92.5. The molecule has 10 heteroatoms. The van der Waals surface area contributed by atoms with E-state index in [9.17, 15) is 40.6 Å². The van der Waals surface area contributed by atoms with Crippen molar-refractivity contribution in [2.45, 2.75) is 18.0 Å². The summed E-state index contributed by atoms with van der Waals surface area (Å²) in [4.78, 5) is 14.0. The van der Waals surface area contributed by atoms with Gasteiger partial charge in [0.1, 0.15) is 5.82 Å². The number of hydrogen-bond acceptors (Lipinski definition) is 2. The lowest BCUT2D eigenvalue weighted by molar-refractivity contribution is -0.376. The molecule has 1 aromatic heterocycles. The highest BCUT2D eigenvalue weighted by molar-refractivity contribution is 6.05. The molecule has 26 heavy (non-hydrogen) atoms. The summed E-state index contributed by atoms with van der Waals surface area (Å²) in [6.45, 7) is 0. The minimum atomic E-state index is -6.15. The molecule has 0 bridgehead atoms. The van der Waals surface area contributed by atoms with E-state index >= 15 is 0 Å². The van der Waals surface area contributed by atoms with Crippen molar-refractivity contribution in [1.82, 2.24) is 4.98 Å². The number of hydrogen-bond donors (Lipinski definition) is 2. The standard InChI is InChI=1S/C16H8F7NO2/c17-11-6-7(14(26,15(18,19)20)16(21,22)23)5-10-8-3-1-2-4-9(8)13(25)24-12(10)11/h1-6,26H,(H,24,25). The number of H-pyrrole nitrogens is 1. The summed E-state index contributed by atoms with van der Waals surface area (Å²) in [5.74, 6) is -1.53. The van der Waals surface area contributed by atoms with Crippen LogP contribution in [-0.2, 0) is 5.60 Å². The van der Waals surface area contributed by atoms with Crippen LogP contribution >= 0.6 is 0 Å². The summed E-state index contributed by atoms with van der Waals surface area (Å²) in [7, 11) is 0. The molecule has 0 radical (unpaired) electrons. The van der Waals surface area contributed by atoms with Crippen molar-refractivity contribution in [3.05, 3.63) is 58.1 Å². The van der Waals surface area contributed by atoms with Gasteiger partial charge in [0, 0.05) is 16.3 Å². The maximum atomic E-state index is 14.2. The molecular formula is C16H8F7NO2. The largest absolute Gasteiger partial charge is 0.430 e. The fourth-order valence-corrected chi connectivity index (χ4v) is 2.74. The van der Waals surface area contributed by atoms with Crippen molar-refractivity contribution >= 4 is 21.7 Å². The number of aromatic nitrogens is 1. The molecule has 2 N–H and O–H groups in total. The van der Waals surface area contributed by atoms with E-state index in [0.29, 0.717) is 6.07 Å². The molecule has 0 saturated heterocycles. The first kappa shape index (κ1) is 18.2. The Bertz CT molecular complexity index is 1050. The SMILES string of the molecule is O=c1[nH]c2c(F)cc(C(O)(C(F)(F)F)C(F)(F)F)cc2c2ccccc12. The zero-order chi connectivity index (χ0) is 19.5. The van der Waals surface area contributed by atoms with Gasteiger partial charge in [-0.25, -0.2) is 4.39 Å². The normalized spacial score (nSPS) is 13.5. The Morgan fingerprint density at radius 1 is 0.846 bits per heavy atom. The molecule has 0 atom stereocenters. The van der Waals surface area contributed by atoms with Crippen LogP contribution in [0.1, 0.15) is 5.56 Å². The van der Waals surface area contributed by atoms with Crippen molar-refractivity contribution in [1.29, 1.82) is 0 Å². The molecule has 0 aliphatic carbocycles. The number of aromatic amines is 1. The van der Waals surface area contributed by atoms with Gasteiger partial charge < -0.3 is 10.1 Å². The fourth-order valence-electron chi connectivity index (χ4n) is 2.74. The molecule has 3 rings (SSSR count). The number of rotatable bonds is 1. The third-order valence-corrected chi connectivity index (χ3v) is 4.03. The Kier molecular flexibility index (Phi) is 3.80. The molecule has 0 saturated carbocycles. The molecule has 0 aliphatic rings. The molecule has 0 fully saturated rings. The molecule has 138 valence electrons. The Morgan fingerprint density at radius 2 is 1.38 bits per heavy atom. The van der Waals surface area contributed by atoms with Gasteiger partial charge in [-0.05, 0) is 23.6 Å². The van der Waals surface area contributed by atoms with Crippen molar-refractivity contribution < 1.29 is 35.8 Å². The molecule has 2 aromatic carbocycles. The number of halogens is 7. The first-order chi connectivity index (χ1) is 11.9. The van der Waals surface area contributed by atoms with Crippen LogP contribution in [0.3, 0.4) is 0 Å². The second-order valence-electron chi connectivity index (χ2n) is 5.59. The molecule has 0 aliphatic heterocycles. The number of alkyl halides is 6. The summed E-state index contributed by atoms with van der Waals surface area (Å²) in [5.41, 5.74) is -8.34. The fraction of sp³-hybridized carbons (Fsp3) is 0.188. The second-order valence-corrected chi connectivity index (χ2v) is 5.59. The van der Waals surface area contributed by atoms with Crippen molar-refractivity contribution in [2.75, 3.05) is 0 Å². The predicted molar refractivity (Wildman–Crippen MR) is 78.0 cm³/mol. The quantitative estimate of drug-likeness (QED) is 0.494. The summed E-state index contributed by atoms with van der Waals surface area (Å²) in [6, 6.07) is 5.61. The second kappa shape index (κ2) is 5.44. The van der Waals surface area contributed by atoms with Crippen LogP contribution in [0.25, 0.3) is 21.7 Å². The van der Waals surface area contributed by atoms with Gasteiger partial charge >= 0.3 is 12.4 Å². The van der Waals surface area contributed by atoms with Crippen LogP contribution in [0.2, 0.25) is 0 Å². The van der Waals surface area contributed by atoms with Crippen LogP contribution in [0, 0.1) is 5.82 Å². The maximum Gasteiger partial charge on any atom is 0.430 e. The van der Waals surface area contributed by atoms with E-state index in [1.807, 2.05) is 0 Å². The molecule has 0 unspecified atom stereocenters. The van der Waals surface area contributed by atoms with E-state index in [1.54, 1.807) is 0 Å². The number of benzene rings is 2. The average molecular weight is 379 g/mol. The Morgan fingerprint density at radius 3 is 1.92 bits per heavy atom. The summed E-state index contributed by atoms with van der Waals surface area (Å²) in [6.07, 6.45) is -12.3. The van der Waals surface area contributed by atoms with Gasteiger partial charge in [-0.1, -0.05) is 18.2 Å². The van der Waals surface area contributed by atoms with Gasteiger partial charge in [0.25, 0.3) is 11.2 Å². The maximum absolute atomic E-state index is 14.2. The Balaban J connectivity index is 2.48. The highest BCUT2D eigenvalue weighted by atomic mass is 19.4. The number of pyridine rings is 1. The molecule has 0 amide bonds. The molecule has 1 heterocycles. The lowest BCUT2D eigenvalue weighted by atomic mass is 9.90. The Labute approximate surface area is 139 Å². The monoisotopic (exact) mass is 379 g/mol. The van der Waals surface area contributed by atoms with E-state index in [0.717, 1.165) is 0 Å². The van der Waals surface area contributed by atoms with Gasteiger partial charge in [0.15, 0.2) is 0 Å². The van der Waals surface area contributed by atoms with Gasteiger partial charge in [-0.3, -0.25) is 4.79 Å². The van der Waals surface area contributed by atoms with Crippen LogP contribution in [0.5, 0.6) is 0 Å². The first-order valence-electron chi connectivity index (χ1n) is 6.98. The van der Waals surface area contributed by atoms with Gasteiger partial charge in [-0.15, -0.1) is 0 Å². The summed E-state index contributed by atoms with van der Waals surface area (Å²) >= 11 is 0. The van der Waals surface area contributed by atoms with E-state index in [4.69, 9.17) is 0 Å². The van der Waals surface area contributed by atoms with E-state index in [2.05, 4.69) is 4.98 Å². The van der Waals surface area contributed by atoms with Gasteiger partial charge in [0.05, 0.1) is 5.52 Å². The van der Waals surface area contributed by atoms with Crippen LogP contribution < -0.4 is 5.56 Å². The van der Waals surface area contributed by atoms with Crippen LogP contribution in [0.4, 0.5) is 30.7 Å². The topological polar surface area (TPSA) is 53.1 Å². The average Bonchev–Trinajstić information content (AvgIpc) is 2.53. The van der Waals surface area contributed by atoms with Crippen LogP contribution in [-0.4, -0.2) is 22.4 Å². The minimum Gasteiger partial charge on any atom is -0.369 e. The molecule has 0 spiro atoms. The Hall–Kier alpha value is -2.62. The van der Waals surface area contributed by atoms with E-state index in [1.165, 1.54) is 24.3 Å². The van der Waals surface area contributed by atoms with Crippen molar-refractivity contribution in [3.63, 3.8) is 0 Å². The van der Waals surface area contributed by atoms with Crippen molar-refractivity contribution in [2.24, 2.45) is 0 Å². The van der Waals surface area contributed by atoms with E-state index in [-0.39, 0.29) is 16.8 Å². The zero-order valence-corrected chi connectivity index (χ0v) is 12.5. The minimum absolute atomic E-state index is 0.0564. The number of aliphatic hydroxyl groups is 1. The number of fused-ring (bicyclic) bond motifs is 3. The van der Waals surface area contributed by atoms with Crippen molar-refractivity contribution in [3.8, 4) is 0 Å². The highest BCUT2D eigenvalue weighted by Gasteiger charge is 2.71. The lowest BCUT2D eigenvalue weighted by Gasteiger charge is -2.32. The van der Waals surface area contributed by atoms with Gasteiger partial charge in [0.2, 0.25) is 0 Å². The summed E-state index contributed by atoms with van der Waals surface area (Å²) in [5, 5.41) is 8.96. The molecular weight excluding hydrogens is 371 g/mol. The first-order valence-corrected chi connectivity index (χ1v) is 6.98. The lowest BCUT2D eigenvalue weighted by Crippen LogP contribution is -2.54. The van der Waals surface area contributed by atoms with Gasteiger partial charge in [-0.2, -0.15) is 26.3 Å². The van der Waals surface area contributed by atoms with Crippen LogP contribution in [0.15, 0.2) is 41.2 Å². The van der Waals surface area contributed by atoms with E-state index < -0.39 is 45.8 Å². The highest BCUT2D eigenvalue weighted by Crippen LogP contribution is 2.50. The third-order valence-electron chi connectivity index (χ3n) is 4.03. The molecule has 3 nitrogen and oxygen atoms in total. The third kappa shape index (κ3) is 2.44. The smallest absolute Gasteiger partial charge is 0.369 e. The zero-order valence-electron chi connectivity index (χ0n) is 12.5. The predicted octanol–water partition coefficient (Wildman–Crippen LogP) is 4.13.